The Hall–Kier alpha value is -3.36. The van der Waals surface area contributed by atoms with Crippen LogP contribution >= 0.6 is 0 Å². The molecule has 0 fully saturated rings. The van der Waals surface area contributed by atoms with E-state index in [0.29, 0.717) is 5.56 Å². The van der Waals surface area contributed by atoms with Crippen molar-refractivity contribution in [2.24, 2.45) is 0 Å². The number of carbonyl (C=O) groups is 1. The van der Waals surface area contributed by atoms with Crippen molar-refractivity contribution in [1.82, 2.24) is 19.3 Å². The lowest BCUT2D eigenvalue weighted by Gasteiger charge is -2.02. The van der Waals surface area contributed by atoms with Gasteiger partial charge in [0.2, 0.25) is 0 Å². The van der Waals surface area contributed by atoms with E-state index in [1.807, 2.05) is 0 Å². The van der Waals surface area contributed by atoms with Gasteiger partial charge in [0, 0.05) is 6.20 Å². The predicted octanol–water partition coefficient (Wildman–Crippen LogP) is 1.45. The number of halogens is 2. The Bertz CT molecular complexity index is 981. The largest absolute Gasteiger partial charge is 0.478 e. The first-order chi connectivity index (χ1) is 11.5. The minimum Gasteiger partial charge on any atom is -0.478 e. The van der Waals surface area contributed by atoms with E-state index in [1.54, 1.807) is 0 Å². The Kier molecular flexibility index (Phi) is 3.90. The number of aromatic nitrogens is 4. The van der Waals surface area contributed by atoms with Crippen molar-refractivity contribution in [3.63, 3.8) is 0 Å². The molecule has 0 unspecified atom stereocenters. The van der Waals surface area contributed by atoms with Crippen LogP contribution in [0.4, 0.5) is 8.78 Å². The Morgan fingerprint density at radius 1 is 1.17 bits per heavy atom. The summed E-state index contributed by atoms with van der Waals surface area (Å²) in [6, 6.07) is 5.80. The van der Waals surface area contributed by atoms with Gasteiger partial charge in [0.15, 0.2) is 11.6 Å². The molecule has 1 aromatic carbocycles. The fourth-order valence-corrected chi connectivity index (χ4v) is 2.10. The van der Waals surface area contributed by atoms with E-state index in [4.69, 9.17) is 5.11 Å². The van der Waals surface area contributed by atoms with Crippen LogP contribution < -0.4 is 5.69 Å². The summed E-state index contributed by atoms with van der Waals surface area (Å²) in [7, 11) is 0. The van der Waals surface area contributed by atoms with Crippen LogP contribution in [-0.4, -0.2) is 30.4 Å². The van der Waals surface area contributed by atoms with Crippen molar-refractivity contribution in [1.29, 1.82) is 0 Å². The summed E-state index contributed by atoms with van der Waals surface area (Å²) < 4.78 is 28.2. The third-order valence-electron chi connectivity index (χ3n) is 3.29. The molecule has 1 N–H and O–H groups in total. The quantitative estimate of drug-likeness (QED) is 0.781. The topological polar surface area (TPSA) is 90.0 Å². The summed E-state index contributed by atoms with van der Waals surface area (Å²) in [5.74, 6) is -3.06. The lowest BCUT2D eigenvalue weighted by atomic mass is 10.2. The minimum atomic E-state index is -1.15. The molecule has 7 nitrogen and oxygen atoms in total. The predicted molar refractivity (Wildman–Crippen MR) is 78.0 cm³/mol. The van der Waals surface area contributed by atoms with Crippen LogP contribution in [0.5, 0.6) is 0 Å². The van der Waals surface area contributed by atoms with Gasteiger partial charge in [-0.3, -0.25) is 0 Å². The van der Waals surface area contributed by atoms with Crippen LogP contribution in [0, 0.1) is 11.6 Å². The molecule has 0 spiro atoms. The van der Waals surface area contributed by atoms with E-state index in [1.165, 1.54) is 30.7 Å². The smallest absolute Gasteiger partial charge is 0.351 e. The van der Waals surface area contributed by atoms with Gasteiger partial charge in [-0.15, -0.1) is 0 Å². The SMILES string of the molecule is O=C(O)c1ccnc(-n2cnn(Cc3ccc(F)c(F)c3)c2=O)c1. The lowest BCUT2D eigenvalue weighted by Crippen LogP contribution is -2.25. The maximum absolute atomic E-state index is 13.2. The second-order valence-electron chi connectivity index (χ2n) is 4.90. The van der Waals surface area contributed by atoms with E-state index in [0.717, 1.165) is 21.4 Å². The number of pyridine rings is 1. The molecular formula is C15H10F2N4O3. The second-order valence-corrected chi connectivity index (χ2v) is 4.90. The lowest BCUT2D eigenvalue weighted by molar-refractivity contribution is 0.0696. The fourth-order valence-electron chi connectivity index (χ4n) is 2.10. The van der Waals surface area contributed by atoms with Gasteiger partial charge in [-0.25, -0.2) is 32.6 Å². The van der Waals surface area contributed by atoms with Crippen LogP contribution in [0.15, 0.2) is 47.7 Å². The van der Waals surface area contributed by atoms with Crippen molar-refractivity contribution < 1.29 is 18.7 Å². The summed E-state index contributed by atoms with van der Waals surface area (Å²) in [5, 5.41) is 12.8. The van der Waals surface area contributed by atoms with E-state index in [9.17, 15) is 18.4 Å². The number of carboxylic acids is 1. The first-order valence-corrected chi connectivity index (χ1v) is 6.74. The Morgan fingerprint density at radius 3 is 2.67 bits per heavy atom. The molecule has 3 rings (SSSR count). The molecule has 0 aliphatic rings. The molecule has 0 radical (unpaired) electrons. The van der Waals surface area contributed by atoms with Crippen molar-refractivity contribution in [3.8, 4) is 5.82 Å². The molecule has 0 aliphatic carbocycles. The summed E-state index contributed by atoms with van der Waals surface area (Å²) in [6.45, 7) is -0.0678. The highest BCUT2D eigenvalue weighted by atomic mass is 19.2. The number of aromatic carboxylic acids is 1. The van der Waals surface area contributed by atoms with Gasteiger partial charge < -0.3 is 5.11 Å². The van der Waals surface area contributed by atoms with Crippen LogP contribution in [0.3, 0.4) is 0 Å². The van der Waals surface area contributed by atoms with Crippen LogP contribution in [-0.2, 0) is 6.54 Å². The number of rotatable bonds is 4. The molecule has 24 heavy (non-hydrogen) atoms. The average molecular weight is 332 g/mol. The summed E-state index contributed by atoms with van der Waals surface area (Å²) in [4.78, 5) is 27.2. The van der Waals surface area contributed by atoms with Crippen LogP contribution in [0.2, 0.25) is 0 Å². The van der Waals surface area contributed by atoms with Crippen LogP contribution in [0.1, 0.15) is 15.9 Å². The van der Waals surface area contributed by atoms with E-state index in [2.05, 4.69) is 10.1 Å². The Labute approximate surface area is 133 Å². The standard InChI is InChI=1S/C15H10F2N4O3/c16-11-2-1-9(5-12(11)17)7-21-15(24)20(8-19-21)13-6-10(14(22)23)3-4-18-13/h1-6,8H,7H2,(H,22,23). The van der Waals surface area contributed by atoms with Gasteiger partial charge in [-0.05, 0) is 29.8 Å². The molecule has 2 heterocycles. The molecule has 0 bridgehead atoms. The van der Waals surface area contributed by atoms with Gasteiger partial charge in [-0.2, -0.15) is 5.10 Å². The fraction of sp³-hybridized carbons (Fsp3) is 0.0667. The number of hydrogen-bond acceptors (Lipinski definition) is 4. The maximum Gasteiger partial charge on any atom is 0.351 e. The zero-order valence-corrected chi connectivity index (χ0v) is 12.1. The maximum atomic E-state index is 13.2. The number of carboxylic acid groups (broad SMARTS) is 1. The molecule has 0 saturated carbocycles. The molecule has 0 atom stereocenters. The molecule has 9 heteroatoms. The molecule has 0 aliphatic heterocycles. The van der Waals surface area contributed by atoms with E-state index in [-0.39, 0.29) is 17.9 Å². The van der Waals surface area contributed by atoms with Gasteiger partial charge in [0.25, 0.3) is 0 Å². The van der Waals surface area contributed by atoms with Gasteiger partial charge in [0.1, 0.15) is 12.1 Å². The Morgan fingerprint density at radius 2 is 1.96 bits per heavy atom. The molecule has 0 saturated heterocycles. The molecule has 0 amide bonds. The number of benzene rings is 1. The highest BCUT2D eigenvalue weighted by Gasteiger charge is 2.12. The summed E-state index contributed by atoms with van der Waals surface area (Å²) in [5.41, 5.74) is -0.261. The van der Waals surface area contributed by atoms with Gasteiger partial charge in [-0.1, -0.05) is 6.07 Å². The first-order valence-electron chi connectivity index (χ1n) is 6.74. The number of nitrogens with zero attached hydrogens (tertiary/aromatic N) is 4. The highest BCUT2D eigenvalue weighted by Crippen LogP contribution is 2.10. The average Bonchev–Trinajstić information content (AvgIpc) is 2.92. The molecule has 2 aromatic heterocycles. The zero-order chi connectivity index (χ0) is 17.3. The summed E-state index contributed by atoms with van der Waals surface area (Å²) in [6.07, 6.45) is 2.44. The third kappa shape index (κ3) is 2.91. The highest BCUT2D eigenvalue weighted by molar-refractivity contribution is 5.87. The van der Waals surface area contributed by atoms with Crippen molar-refractivity contribution in [2.75, 3.05) is 0 Å². The second kappa shape index (κ2) is 6.03. The monoisotopic (exact) mass is 332 g/mol. The zero-order valence-electron chi connectivity index (χ0n) is 12.1. The van der Waals surface area contributed by atoms with Crippen molar-refractivity contribution in [3.05, 3.63) is 76.1 Å². The first kappa shape index (κ1) is 15.5. The normalized spacial score (nSPS) is 10.8. The van der Waals surface area contributed by atoms with Crippen LogP contribution in [0.25, 0.3) is 5.82 Å². The summed E-state index contributed by atoms with van der Waals surface area (Å²) >= 11 is 0. The number of hydrogen-bond donors (Lipinski definition) is 1. The van der Waals surface area contributed by atoms with Crippen molar-refractivity contribution >= 4 is 5.97 Å². The molecular weight excluding hydrogens is 322 g/mol. The molecule has 3 aromatic rings. The molecule has 122 valence electrons. The van der Waals surface area contributed by atoms with Gasteiger partial charge >= 0.3 is 11.7 Å². The van der Waals surface area contributed by atoms with Gasteiger partial charge in [0.05, 0.1) is 12.1 Å². The minimum absolute atomic E-state index is 0.0275. The van der Waals surface area contributed by atoms with Crippen molar-refractivity contribution in [2.45, 2.75) is 6.54 Å². The van der Waals surface area contributed by atoms with E-state index >= 15 is 0 Å². The Balaban J connectivity index is 1.94. The third-order valence-corrected chi connectivity index (χ3v) is 3.29. The van der Waals surface area contributed by atoms with E-state index < -0.39 is 23.3 Å².